The molecular formula is C14H21NO3. The van der Waals surface area contributed by atoms with Gasteiger partial charge < -0.3 is 15.2 Å². The molecule has 1 unspecified atom stereocenters. The van der Waals surface area contributed by atoms with E-state index in [0.717, 1.165) is 5.56 Å². The molecule has 0 bridgehead atoms. The molecule has 100 valence electrons. The van der Waals surface area contributed by atoms with Crippen LogP contribution in [0.25, 0.3) is 0 Å². The van der Waals surface area contributed by atoms with Gasteiger partial charge in [-0.2, -0.15) is 0 Å². The molecule has 0 aliphatic carbocycles. The summed E-state index contributed by atoms with van der Waals surface area (Å²) in [5.41, 5.74) is 6.95. The third-order valence-electron chi connectivity index (χ3n) is 2.37. The summed E-state index contributed by atoms with van der Waals surface area (Å²) in [5.74, 6) is -0.307. The normalized spacial score (nSPS) is 12.5. The summed E-state index contributed by atoms with van der Waals surface area (Å²) in [7, 11) is 0. The Labute approximate surface area is 108 Å². The van der Waals surface area contributed by atoms with Crippen LogP contribution in [0.4, 0.5) is 0 Å². The van der Waals surface area contributed by atoms with Gasteiger partial charge in [-0.05, 0) is 38.5 Å². The second-order valence-electron chi connectivity index (χ2n) is 4.51. The lowest BCUT2D eigenvalue weighted by molar-refractivity contribution is 0.0377. The predicted octanol–water partition coefficient (Wildman–Crippen LogP) is 2.12. The largest absolute Gasteiger partial charge is 0.459 e. The molecule has 1 aromatic rings. The van der Waals surface area contributed by atoms with Crippen LogP contribution in [-0.2, 0) is 16.1 Å². The number of ether oxygens (including phenoxy) is 2. The Morgan fingerprint density at radius 1 is 1.33 bits per heavy atom. The van der Waals surface area contributed by atoms with Crippen LogP contribution < -0.4 is 5.73 Å². The van der Waals surface area contributed by atoms with E-state index in [1.165, 1.54) is 0 Å². The summed E-state index contributed by atoms with van der Waals surface area (Å²) in [5, 5.41) is 0. The number of carbonyl (C=O) groups is 1. The Morgan fingerprint density at radius 2 is 2.06 bits per heavy atom. The number of nitrogens with two attached hydrogens (primary N) is 1. The van der Waals surface area contributed by atoms with Gasteiger partial charge >= 0.3 is 5.97 Å². The summed E-state index contributed by atoms with van der Waals surface area (Å²) < 4.78 is 10.7. The van der Waals surface area contributed by atoms with Gasteiger partial charge in [0.25, 0.3) is 0 Å². The lowest BCUT2D eigenvalue weighted by Gasteiger charge is -2.12. The van der Waals surface area contributed by atoms with Gasteiger partial charge in [0.2, 0.25) is 0 Å². The van der Waals surface area contributed by atoms with Crippen LogP contribution in [0.3, 0.4) is 0 Å². The second-order valence-corrected chi connectivity index (χ2v) is 4.51. The van der Waals surface area contributed by atoms with E-state index in [1.54, 1.807) is 12.1 Å². The molecule has 0 aromatic heterocycles. The summed E-state index contributed by atoms with van der Waals surface area (Å²) in [6.07, 6.45) is -0.106. The molecular weight excluding hydrogens is 230 g/mol. The van der Waals surface area contributed by atoms with Gasteiger partial charge in [-0.3, -0.25) is 0 Å². The molecule has 0 aliphatic heterocycles. The number of benzene rings is 1. The number of hydrogen-bond acceptors (Lipinski definition) is 4. The fourth-order valence-electron chi connectivity index (χ4n) is 1.38. The van der Waals surface area contributed by atoms with Crippen molar-refractivity contribution >= 4 is 5.97 Å². The lowest BCUT2D eigenvalue weighted by atomic mass is 10.1. The molecule has 4 nitrogen and oxygen atoms in total. The van der Waals surface area contributed by atoms with Crippen molar-refractivity contribution in [3.63, 3.8) is 0 Å². The minimum atomic E-state index is -0.307. The Kier molecular flexibility index (Phi) is 5.82. The van der Waals surface area contributed by atoms with Gasteiger partial charge in [0.1, 0.15) is 0 Å². The van der Waals surface area contributed by atoms with Crippen molar-refractivity contribution in [2.75, 3.05) is 6.54 Å². The third-order valence-corrected chi connectivity index (χ3v) is 2.37. The van der Waals surface area contributed by atoms with Crippen molar-refractivity contribution in [2.45, 2.75) is 39.6 Å². The zero-order valence-corrected chi connectivity index (χ0v) is 11.2. The number of rotatable bonds is 6. The summed E-state index contributed by atoms with van der Waals surface area (Å²) >= 11 is 0. The molecule has 4 heteroatoms. The van der Waals surface area contributed by atoms with Crippen LogP contribution in [0.5, 0.6) is 0 Å². The second kappa shape index (κ2) is 7.13. The Bertz CT molecular complexity index is 390. The van der Waals surface area contributed by atoms with Crippen molar-refractivity contribution in [1.29, 1.82) is 0 Å². The Morgan fingerprint density at radius 3 is 2.67 bits per heavy atom. The number of hydrogen-bond donors (Lipinski definition) is 1. The van der Waals surface area contributed by atoms with E-state index in [9.17, 15) is 4.79 Å². The van der Waals surface area contributed by atoms with Crippen LogP contribution in [0.2, 0.25) is 0 Å². The zero-order chi connectivity index (χ0) is 13.5. The SMILES string of the molecule is CC(C)OC(=O)c1cccc(COC(C)CN)c1. The van der Waals surface area contributed by atoms with Gasteiger partial charge in [0, 0.05) is 6.54 Å². The van der Waals surface area contributed by atoms with E-state index in [1.807, 2.05) is 32.9 Å². The van der Waals surface area contributed by atoms with Crippen molar-refractivity contribution < 1.29 is 14.3 Å². The van der Waals surface area contributed by atoms with Gasteiger partial charge in [0.15, 0.2) is 0 Å². The van der Waals surface area contributed by atoms with Crippen LogP contribution in [0, 0.1) is 0 Å². The first-order valence-electron chi connectivity index (χ1n) is 6.14. The van der Waals surface area contributed by atoms with Gasteiger partial charge in [-0.25, -0.2) is 4.79 Å². The average Bonchev–Trinajstić information content (AvgIpc) is 2.35. The van der Waals surface area contributed by atoms with Gasteiger partial charge in [0.05, 0.1) is 24.4 Å². The van der Waals surface area contributed by atoms with Crippen molar-refractivity contribution in [3.05, 3.63) is 35.4 Å². The van der Waals surface area contributed by atoms with Crippen LogP contribution >= 0.6 is 0 Å². The first kappa shape index (κ1) is 14.7. The first-order valence-corrected chi connectivity index (χ1v) is 6.14. The smallest absolute Gasteiger partial charge is 0.338 e. The zero-order valence-electron chi connectivity index (χ0n) is 11.2. The summed E-state index contributed by atoms with van der Waals surface area (Å²) in [4.78, 5) is 11.7. The third kappa shape index (κ3) is 4.85. The molecule has 2 N–H and O–H groups in total. The standard InChI is InChI=1S/C14H21NO3/c1-10(2)18-14(16)13-6-4-5-12(7-13)9-17-11(3)8-15/h4-7,10-11H,8-9,15H2,1-3H3. The van der Waals surface area contributed by atoms with E-state index < -0.39 is 0 Å². The number of carbonyl (C=O) groups excluding carboxylic acids is 1. The van der Waals surface area contributed by atoms with Gasteiger partial charge in [-0.1, -0.05) is 12.1 Å². The topological polar surface area (TPSA) is 61.5 Å². The predicted molar refractivity (Wildman–Crippen MR) is 70.3 cm³/mol. The molecule has 0 aliphatic rings. The minimum absolute atomic E-state index is 0.0104. The Balaban J connectivity index is 2.64. The van der Waals surface area contributed by atoms with Gasteiger partial charge in [-0.15, -0.1) is 0 Å². The van der Waals surface area contributed by atoms with E-state index in [4.69, 9.17) is 15.2 Å². The van der Waals surface area contributed by atoms with E-state index in [2.05, 4.69) is 0 Å². The highest BCUT2D eigenvalue weighted by molar-refractivity contribution is 5.89. The van der Waals surface area contributed by atoms with Crippen LogP contribution in [0.15, 0.2) is 24.3 Å². The molecule has 0 radical (unpaired) electrons. The molecule has 1 rings (SSSR count). The van der Waals surface area contributed by atoms with E-state index in [0.29, 0.717) is 18.7 Å². The quantitative estimate of drug-likeness (QED) is 0.787. The molecule has 18 heavy (non-hydrogen) atoms. The summed E-state index contributed by atoms with van der Waals surface area (Å²) in [6, 6.07) is 7.26. The average molecular weight is 251 g/mol. The highest BCUT2D eigenvalue weighted by atomic mass is 16.5. The molecule has 0 saturated heterocycles. The maximum absolute atomic E-state index is 11.7. The molecule has 1 aromatic carbocycles. The minimum Gasteiger partial charge on any atom is -0.459 e. The fraction of sp³-hybridized carbons (Fsp3) is 0.500. The van der Waals surface area contributed by atoms with Crippen molar-refractivity contribution in [3.8, 4) is 0 Å². The number of esters is 1. The van der Waals surface area contributed by atoms with E-state index >= 15 is 0 Å². The van der Waals surface area contributed by atoms with E-state index in [-0.39, 0.29) is 18.2 Å². The van der Waals surface area contributed by atoms with Crippen molar-refractivity contribution in [2.24, 2.45) is 5.73 Å². The first-order chi connectivity index (χ1) is 8.52. The Hall–Kier alpha value is -1.39. The molecule has 1 atom stereocenters. The molecule has 0 heterocycles. The van der Waals surface area contributed by atoms with Crippen molar-refractivity contribution in [1.82, 2.24) is 0 Å². The maximum atomic E-state index is 11.7. The highest BCUT2D eigenvalue weighted by Gasteiger charge is 2.09. The fourth-order valence-corrected chi connectivity index (χ4v) is 1.38. The highest BCUT2D eigenvalue weighted by Crippen LogP contribution is 2.10. The molecule has 0 spiro atoms. The lowest BCUT2D eigenvalue weighted by Crippen LogP contribution is -2.19. The molecule has 0 saturated carbocycles. The van der Waals surface area contributed by atoms with Crippen LogP contribution in [-0.4, -0.2) is 24.7 Å². The molecule has 0 fully saturated rings. The summed E-state index contributed by atoms with van der Waals surface area (Å²) in [6.45, 7) is 6.49. The van der Waals surface area contributed by atoms with Crippen LogP contribution in [0.1, 0.15) is 36.7 Å². The molecule has 0 amide bonds. The maximum Gasteiger partial charge on any atom is 0.338 e. The monoisotopic (exact) mass is 251 g/mol.